The summed E-state index contributed by atoms with van der Waals surface area (Å²) in [6, 6.07) is 17.6. The molecule has 3 rings (SSSR count). The van der Waals surface area contributed by atoms with Crippen LogP contribution < -0.4 is 10.2 Å². The number of benzene rings is 2. The molecule has 1 aromatic heterocycles. The minimum Gasteiger partial charge on any atom is -0.378 e. The van der Waals surface area contributed by atoms with E-state index in [1.165, 1.54) is 11.8 Å². The molecule has 0 spiro atoms. The Hall–Kier alpha value is -2.80. The van der Waals surface area contributed by atoms with Crippen molar-refractivity contribution >= 4 is 29.0 Å². The molecule has 1 heterocycles. The Labute approximate surface area is 157 Å². The molecule has 6 nitrogen and oxygen atoms in total. The van der Waals surface area contributed by atoms with Gasteiger partial charge in [-0.1, -0.05) is 30.0 Å². The Morgan fingerprint density at radius 1 is 1.12 bits per heavy atom. The number of nitrogens with one attached hydrogen (secondary N) is 1. The van der Waals surface area contributed by atoms with Gasteiger partial charge >= 0.3 is 0 Å². The van der Waals surface area contributed by atoms with Crippen LogP contribution in [0.4, 0.5) is 11.4 Å². The van der Waals surface area contributed by atoms with E-state index in [4.69, 9.17) is 0 Å². The summed E-state index contributed by atoms with van der Waals surface area (Å²) in [4.78, 5) is 14.5. The summed E-state index contributed by atoms with van der Waals surface area (Å²) >= 11 is 1.38. The van der Waals surface area contributed by atoms with Crippen LogP contribution >= 0.6 is 11.8 Å². The lowest BCUT2D eigenvalue weighted by Crippen LogP contribution is -2.22. The lowest BCUT2D eigenvalue weighted by Gasteiger charge is -2.15. The number of aromatic nitrogens is 3. The highest BCUT2D eigenvalue weighted by Crippen LogP contribution is 2.25. The average molecular weight is 367 g/mol. The molecule has 3 aromatic rings. The lowest BCUT2D eigenvalue weighted by molar-refractivity contribution is -0.115. The zero-order valence-corrected chi connectivity index (χ0v) is 15.8. The number of carbonyl (C=O) groups is 1. The summed E-state index contributed by atoms with van der Waals surface area (Å²) in [5.41, 5.74) is 2.82. The van der Waals surface area contributed by atoms with Crippen LogP contribution in [0.15, 0.2) is 66.1 Å². The van der Waals surface area contributed by atoms with Gasteiger partial charge in [-0.2, -0.15) is 0 Å². The highest BCUT2D eigenvalue weighted by Gasteiger charge is 2.18. The number of hydrogen-bond acceptors (Lipinski definition) is 5. The molecular weight excluding hydrogens is 346 g/mol. The topological polar surface area (TPSA) is 63.1 Å². The van der Waals surface area contributed by atoms with Gasteiger partial charge in [0.15, 0.2) is 5.16 Å². The molecule has 0 aliphatic carbocycles. The van der Waals surface area contributed by atoms with Gasteiger partial charge in [-0.3, -0.25) is 9.36 Å². The molecule has 0 bridgehead atoms. The van der Waals surface area contributed by atoms with E-state index in [1.807, 2.05) is 85.1 Å². The molecule has 2 aromatic carbocycles. The van der Waals surface area contributed by atoms with Crippen molar-refractivity contribution in [1.82, 2.24) is 14.8 Å². The number of hydrogen-bond donors (Lipinski definition) is 1. The maximum atomic E-state index is 12.5. The van der Waals surface area contributed by atoms with Crippen LogP contribution in [-0.2, 0) is 4.79 Å². The summed E-state index contributed by atoms with van der Waals surface area (Å²) in [5, 5.41) is 11.4. The molecule has 0 aliphatic rings. The van der Waals surface area contributed by atoms with E-state index >= 15 is 0 Å². The summed E-state index contributed by atoms with van der Waals surface area (Å²) in [6.45, 7) is 1.86. The molecule has 26 heavy (non-hydrogen) atoms. The zero-order chi connectivity index (χ0) is 18.5. The van der Waals surface area contributed by atoms with Gasteiger partial charge in [0.2, 0.25) is 5.91 Å². The van der Waals surface area contributed by atoms with Crippen molar-refractivity contribution in [3.05, 3.63) is 60.9 Å². The first kappa shape index (κ1) is 18.0. The van der Waals surface area contributed by atoms with Crippen molar-refractivity contribution in [2.75, 3.05) is 24.3 Å². The molecule has 7 heteroatoms. The molecule has 1 atom stereocenters. The predicted molar refractivity (Wildman–Crippen MR) is 106 cm³/mol. The fourth-order valence-corrected chi connectivity index (χ4v) is 3.21. The number of thioether (sulfide) groups is 1. The normalized spacial score (nSPS) is 11.8. The molecule has 0 saturated heterocycles. The molecule has 0 saturated carbocycles. The number of nitrogens with zero attached hydrogens (tertiary/aromatic N) is 4. The van der Waals surface area contributed by atoms with E-state index in [9.17, 15) is 4.79 Å². The Bertz CT molecular complexity index is 861. The summed E-state index contributed by atoms with van der Waals surface area (Å²) in [7, 11) is 3.96. The Balaban J connectivity index is 1.66. The third-order valence-electron chi connectivity index (χ3n) is 3.85. The van der Waals surface area contributed by atoms with Crippen LogP contribution in [0.3, 0.4) is 0 Å². The fraction of sp³-hybridized carbons (Fsp3) is 0.211. The molecule has 1 N–H and O–H groups in total. The molecule has 134 valence electrons. The quantitative estimate of drug-likeness (QED) is 0.676. The van der Waals surface area contributed by atoms with Crippen molar-refractivity contribution in [2.24, 2.45) is 0 Å². The maximum Gasteiger partial charge on any atom is 0.237 e. The van der Waals surface area contributed by atoms with E-state index in [0.717, 1.165) is 17.1 Å². The van der Waals surface area contributed by atoms with Crippen molar-refractivity contribution in [3.63, 3.8) is 0 Å². The number of anilines is 2. The minimum absolute atomic E-state index is 0.0739. The van der Waals surface area contributed by atoms with Crippen LogP contribution in [0.25, 0.3) is 5.69 Å². The van der Waals surface area contributed by atoms with E-state index in [-0.39, 0.29) is 11.2 Å². The molecular formula is C19H21N5OS. The minimum atomic E-state index is -0.310. The molecule has 1 amide bonds. The number of amides is 1. The van der Waals surface area contributed by atoms with Gasteiger partial charge in [0, 0.05) is 31.2 Å². The third-order valence-corrected chi connectivity index (χ3v) is 4.91. The molecule has 0 fully saturated rings. The van der Waals surface area contributed by atoms with Gasteiger partial charge in [0.25, 0.3) is 0 Å². The predicted octanol–water partition coefficient (Wildman–Crippen LogP) is 3.45. The second-order valence-electron chi connectivity index (χ2n) is 6.01. The largest absolute Gasteiger partial charge is 0.378 e. The zero-order valence-electron chi connectivity index (χ0n) is 15.0. The third kappa shape index (κ3) is 4.23. The first-order valence-corrected chi connectivity index (χ1v) is 9.13. The van der Waals surface area contributed by atoms with Gasteiger partial charge in [-0.15, -0.1) is 10.2 Å². The van der Waals surface area contributed by atoms with E-state index in [1.54, 1.807) is 6.33 Å². The van der Waals surface area contributed by atoms with E-state index < -0.39 is 0 Å². The number of rotatable bonds is 6. The Morgan fingerprint density at radius 2 is 1.81 bits per heavy atom. The summed E-state index contributed by atoms with van der Waals surface area (Å²) in [5.74, 6) is -0.0739. The first-order chi connectivity index (χ1) is 12.5. The molecule has 0 unspecified atom stereocenters. The van der Waals surface area contributed by atoms with Gasteiger partial charge in [0.05, 0.1) is 5.25 Å². The lowest BCUT2D eigenvalue weighted by atomic mass is 10.2. The first-order valence-electron chi connectivity index (χ1n) is 8.25. The van der Waals surface area contributed by atoms with Crippen molar-refractivity contribution in [3.8, 4) is 5.69 Å². The SMILES string of the molecule is C[C@@H](Sc1nncn1-c1ccccc1)C(=O)Nc1ccc(N(C)C)cc1. The van der Waals surface area contributed by atoms with Gasteiger partial charge in [-0.25, -0.2) is 0 Å². The summed E-state index contributed by atoms with van der Waals surface area (Å²) < 4.78 is 1.88. The Kier molecular flexibility index (Phi) is 5.58. The maximum absolute atomic E-state index is 12.5. The Morgan fingerprint density at radius 3 is 2.46 bits per heavy atom. The molecule has 0 aliphatic heterocycles. The van der Waals surface area contributed by atoms with Gasteiger partial charge < -0.3 is 10.2 Å². The standard InChI is InChI=1S/C19H21N5OS/c1-14(18(25)21-15-9-11-16(12-10-15)23(2)3)26-19-22-20-13-24(19)17-7-5-4-6-8-17/h4-14H,1-3H3,(H,21,25)/t14-/m1/s1. The highest BCUT2D eigenvalue weighted by molar-refractivity contribution is 8.00. The monoisotopic (exact) mass is 367 g/mol. The van der Waals surface area contributed by atoms with Crippen molar-refractivity contribution < 1.29 is 4.79 Å². The summed E-state index contributed by atoms with van der Waals surface area (Å²) in [6.07, 6.45) is 1.66. The van der Waals surface area contributed by atoms with Crippen LogP contribution in [0, 0.1) is 0 Å². The second-order valence-corrected chi connectivity index (χ2v) is 7.32. The van der Waals surface area contributed by atoms with Crippen molar-refractivity contribution in [2.45, 2.75) is 17.3 Å². The van der Waals surface area contributed by atoms with Crippen LogP contribution in [-0.4, -0.2) is 40.0 Å². The number of carbonyl (C=O) groups excluding carboxylic acids is 1. The average Bonchev–Trinajstić information content (AvgIpc) is 3.11. The highest BCUT2D eigenvalue weighted by atomic mass is 32.2. The van der Waals surface area contributed by atoms with E-state index in [0.29, 0.717) is 5.16 Å². The fourth-order valence-electron chi connectivity index (χ4n) is 2.37. The smallest absolute Gasteiger partial charge is 0.237 e. The van der Waals surface area contributed by atoms with Gasteiger partial charge in [-0.05, 0) is 43.3 Å². The van der Waals surface area contributed by atoms with Crippen LogP contribution in [0.5, 0.6) is 0 Å². The second kappa shape index (κ2) is 8.05. The van der Waals surface area contributed by atoms with Crippen LogP contribution in [0.1, 0.15) is 6.92 Å². The van der Waals surface area contributed by atoms with Crippen molar-refractivity contribution in [1.29, 1.82) is 0 Å². The molecule has 0 radical (unpaired) electrons. The van der Waals surface area contributed by atoms with E-state index in [2.05, 4.69) is 15.5 Å². The van der Waals surface area contributed by atoms with Gasteiger partial charge in [0.1, 0.15) is 6.33 Å². The number of para-hydroxylation sites is 1. The van der Waals surface area contributed by atoms with Crippen LogP contribution in [0.2, 0.25) is 0 Å².